The highest BCUT2D eigenvalue weighted by Gasteiger charge is 2.22. The highest BCUT2D eigenvalue weighted by molar-refractivity contribution is 5.93. The predicted octanol–water partition coefficient (Wildman–Crippen LogP) is 1.75. The second-order valence-electron chi connectivity index (χ2n) is 5.25. The number of benzene rings is 1. The Balaban J connectivity index is 1.64. The second kappa shape index (κ2) is 5.91. The lowest BCUT2D eigenvalue weighted by Gasteiger charge is -2.36. The quantitative estimate of drug-likeness (QED) is 0.842. The number of aromatic nitrogens is 2. The van der Waals surface area contributed by atoms with Crippen LogP contribution < -0.4 is 4.90 Å². The van der Waals surface area contributed by atoms with Gasteiger partial charge < -0.3 is 9.80 Å². The molecular formula is C16H18N4O. The summed E-state index contributed by atoms with van der Waals surface area (Å²) in [5.41, 5.74) is 3.04. The molecule has 0 radical (unpaired) electrons. The number of piperazine rings is 1. The van der Waals surface area contributed by atoms with Gasteiger partial charge in [0.2, 0.25) is 0 Å². The van der Waals surface area contributed by atoms with Gasteiger partial charge in [-0.05, 0) is 24.6 Å². The first-order chi connectivity index (χ1) is 10.2. The molecule has 2 aromatic rings. The number of rotatable bonds is 2. The lowest BCUT2D eigenvalue weighted by molar-refractivity contribution is 0.0746. The fourth-order valence-electron chi connectivity index (χ4n) is 2.58. The third-order valence-corrected chi connectivity index (χ3v) is 3.74. The zero-order valence-corrected chi connectivity index (χ0v) is 12.1. The van der Waals surface area contributed by atoms with Crippen LogP contribution in [0.25, 0.3) is 0 Å². The van der Waals surface area contributed by atoms with Crippen LogP contribution in [0.1, 0.15) is 15.9 Å². The highest BCUT2D eigenvalue weighted by atomic mass is 16.2. The Bertz CT molecular complexity index is 621. The van der Waals surface area contributed by atoms with E-state index in [9.17, 15) is 4.79 Å². The molecule has 5 heteroatoms. The minimum atomic E-state index is 0.0134. The summed E-state index contributed by atoms with van der Waals surface area (Å²) in [6.45, 7) is 5.24. The molecule has 1 aliphatic rings. The number of nitrogens with zero attached hydrogens (tertiary/aromatic N) is 4. The number of hydrogen-bond acceptors (Lipinski definition) is 4. The topological polar surface area (TPSA) is 49.3 Å². The summed E-state index contributed by atoms with van der Waals surface area (Å²) in [4.78, 5) is 24.3. The second-order valence-corrected chi connectivity index (χ2v) is 5.25. The Morgan fingerprint density at radius 3 is 2.48 bits per heavy atom. The summed E-state index contributed by atoms with van der Waals surface area (Å²) in [6.07, 6.45) is 4.58. The fourth-order valence-corrected chi connectivity index (χ4v) is 2.58. The van der Waals surface area contributed by atoms with E-state index in [1.54, 1.807) is 12.4 Å². The van der Waals surface area contributed by atoms with Gasteiger partial charge in [0, 0.05) is 44.3 Å². The Morgan fingerprint density at radius 1 is 1.10 bits per heavy atom. The Labute approximate surface area is 124 Å². The van der Waals surface area contributed by atoms with Crippen molar-refractivity contribution in [1.82, 2.24) is 14.9 Å². The lowest BCUT2D eigenvalue weighted by atomic mass is 10.2. The van der Waals surface area contributed by atoms with E-state index in [1.165, 1.54) is 17.6 Å². The number of carbonyl (C=O) groups excluding carboxylic acids is 1. The van der Waals surface area contributed by atoms with Gasteiger partial charge in [0.15, 0.2) is 0 Å². The van der Waals surface area contributed by atoms with Crippen molar-refractivity contribution < 1.29 is 4.79 Å². The van der Waals surface area contributed by atoms with Crippen LogP contribution in [-0.2, 0) is 0 Å². The van der Waals surface area contributed by atoms with Crippen molar-refractivity contribution in [1.29, 1.82) is 0 Å². The van der Waals surface area contributed by atoms with Crippen molar-refractivity contribution in [3.8, 4) is 0 Å². The zero-order chi connectivity index (χ0) is 14.7. The standard InChI is InChI=1S/C16H18N4O/c1-13-3-2-4-15(9-13)19-5-7-20(8-6-19)16(21)14-10-17-12-18-11-14/h2-4,9-12H,5-8H2,1H3. The van der Waals surface area contributed by atoms with Crippen LogP contribution in [0, 0.1) is 6.92 Å². The lowest BCUT2D eigenvalue weighted by Crippen LogP contribution is -2.48. The van der Waals surface area contributed by atoms with Crippen LogP contribution >= 0.6 is 0 Å². The van der Waals surface area contributed by atoms with E-state index in [0.29, 0.717) is 5.56 Å². The maximum absolute atomic E-state index is 12.3. The van der Waals surface area contributed by atoms with Crippen LogP contribution in [-0.4, -0.2) is 47.0 Å². The van der Waals surface area contributed by atoms with Gasteiger partial charge in [0.1, 0.15) is 6.33 Å². The van der Waals surface area contributed by atoms with Gasteiger partial charge in [-0.2, -0.15) is 0 Å². The maximum Gasteiger partial charge on any atom is 0.257 e. The minimum Gasteiger partial charge on any atom is -0.368 e. The predicted molar refractivity (Wildman–Crippen MR) is 81.3 cm³/mol. The number of anilines is 1. The van der Waals surface area contributed by atoms with Crippen molar-refractivity contribution in [2.24, 2.45) is 0 Å². The van der Waals surface area contributed by atoms with Gasteiger partial charge in [0.05, 0.1) is 5.56 Å². The van der Waals surface area contributed by atoms with Crippen LogP contribution in [0.5, 0.6) is 0 Å². The van der Waals surface area contributed by atoms with Gasteiger partial charge in [-0.1, -0.05) is 12.1 Å². The smallest absolute Gasteiger partial charge is 0.257 e. The van der Waals surface area contributed by atoms with E-state index in [-0.39, 0.29) is 5.91 Å². The summed E-state index contributed by atoms with van der Waals surface area (Å²) >= 11 is 0. The molecule has 0 bridgehead atoms. The molecule has 1 fully saturated rings. The number of hydrogen-bond donors (Lipinski definition) is 0. The molecule has 0 spiro atoms. The van der Waals surface area contributed by atoms with Crippen LogP contribution in [0.4, 0.5) is 5.69 Å². The van der Waals surface area contributed by atoms with E-state index < -0.39 is 0 Å². The molecule has 1 amide bonds. The molecular weight excluding hydrogens is 264 g/mol. The Morgan fingerprint density at radius 2 is 1.81 bits per heavy atom. The van der Waals surface area contributed by atoms with Crippen LogP contribution in [0.15, 0.2) is 43.0 Å². The molecule has 1 aliphatic heterocycles. The fraction of sp³-hybridized carbons (Fsp3) is 0.312. The number of amides is 1. The number of aryl methyl sites for hydroxylation is 1. The molecule has 0 aliphatic carbocycles. The Hall–Kier alpha value is -2.43. The van der Waals surface area contributed by atoms with E-state index in [4.69, 9.17) is 0 Å². The molecule has 0 unspecified atom stereocenters. The molecule has 2 heterocycles. The zero-order valence-electron chi connectivity index (χ0n) is 12.1. The maximum atomic E-state index is 12.3. The van der Waals surface area contributed by atoms with E-state index >= 15 is 0 Å². The molecule has 3 rings (SSSR count). The molecule has 0 saturated carbocycles. The molecule has 5 nitrogen and oxygen atoms in total. The molecule has 1 saturated heterocycles. The van der Waals surface area contributed by atoms with Gasteiger partial charge in [0.25, 0.3) is 5.91 Å². The average molecular weight is 282 g/mol. The summed E-state index contributed by atoms with van der Waals surface area (Å²) in [5, 5.41) is 0. The van der Waals surface area contributed by atoms with Gasteiger partial charge in [-0.25, -0.2) is 9.97 Å². The van der Waals surface area contributed by atoms with E-state index in [1.807, 2.05) is 4.90 Å². The van der Waals surface area contributed by atoms with E-state index in [2.05, 4.69) is 46.1 Å². The van der Waals surface area contributed by atoms with E-state index in [0.717, 1.165) is 26.2 Å². The van der Waals surface area contributed by atoms with Crippen LogP contribution in [0.3, 0.4) is 0 Å². The van der Waals surface area contributed by atoms with Gasteiger partial charge in [-0.15, -0.1) is 0 Å². The molecule has 0 atom stereocenters. The summed E-state index contributed by atoms with van der Waals surface area (Å²) in [7, 11) is 0. The van der Waals surface area contributed by atoms with Gasteiger partial charge >= 0.3 is 0 Å². The van der Waals surface area contributed by atoms with Crippen molar-refractivity contribution in [3.63, 3.8) is 0 Å². The Kier molecular flexibility index (Phi) is 3.81. The third-order valence-electron chi connectivity index (χ3n) is 3.74. The minimum absolute atomic E-state index is 0.0134. The summed E-state index contributed by atoms with van der Waals surface area (Å²) in [5.74, 6) is 0.0134. The molecule has 1 aromatic heterocycles. The summed E-state index contributed by atoms with van der Waals surface area (Å²) < 4.78 is 0. The molecule has 21 heavy (non-hydrogen) atoms. The van der Waals surface area contributed by atoms with Gasteiger partial charge in [-0.3, -0.25) is 4.79 Å². The first kappa shape index (κ1) is 13.5. The SMILES string of the molecule is Cc1cccc(N2CCN(C(=O)c3cncnc3)CC2)c1. The van der Waals surface area contributed by atoms with Crippen molar-refractivity contribution in [3.05, 3.63) is 54.1 Å². The highest BCUT2D eigenvalue weighted by Crippen LogP contribution is 2.18. The van der Waals surface area contributed by atoms with Crippen molar-refractivity contribution >= 4 is 11.6 Å². The normalized spacial score (nSPS) is 15.1. The average Bonchev–Trinajstić information content (AvgIpc) is 2.55. The molecule has 1 aromatic carbocycles. The monoisotopic (exact) mass is 282 g/mol. The number of carbonyl (C=O) groups is 1. The third kappa shape index (κ3) is 3.02. The van der Waals surface area contributed by atoms with Crippen molar-refractivity contribution in [2.75, 3.05) is 31.1 Å². The largest absolute Gasteiger partial charge is 0.368 e. The van der Waals surface area contributed by atoms with Crippen molar-refractivity contribution in [2.45, 2.75) is 6.92 Å². The first-order valence-corrected chi connectivity index (χ1v) is 7.10. The molecule has 0 N–H and O–H groups in total. The summed E-state index contributed by atoms with van der Waals surface area (Å²) in [6, 6.07) is 8.47. The first-order valence-electron chi connectivity index (χ1n) is 7.10. The molecule has 108 valence electrons. The van der Waals surface area contributed by atoms with Crippen LogP contribution in [0.2, 0.25) is 0 Å².